The second-order valence-corrected chi connectivity index (χ2v) is 4.27. The van der Waals surface area contributed by atoms with Gasteiger partial charge in [0.1, 0.15) is 11.6 Å². The highest BCUT2D eigenvalue weighted by Gasteiger charge is 2.23. The van der Waals surface area contributed by atoms with Crippen LogP contribution in [0.25, 0.3) is 0 Å². The molecule has 1 aromatic carbocycles. The number of nitrogens with one attached hydrogen (secondary N) is 1. The van der Waals surface area contributed by atoms with Crippen molar-refractivity contribution in [3.8, 4) is 0 Å². The van der Waals surface area contributed by atoms with Crippen molar-refractivity contribution in [2.75, 3.05) is 13.6 Å². The molecule has 1 aromatic rings. The van der Waals surface area contributed by atoms with Crippen molar-refractivity contribution in [2.45, 2.75) is 13.3 Å². The van der Waals surface area contributed by atoms with Crippen LogP contribution in [0.2, 0.25) is 0 Å². The summed E-state index contributed by atoms with van der Waals surface area (Å²) in [6, 6.07) is 3.93. The summed E-state index contributed by atoms with van der Waals surface area (Å²) < 4.78 is 26.9. The minimum Gasteiger partial charge on any atom is -0.319 e. The number of rotatable bonds is 5. The van der Waals surface area contributed by atoms with E-state index in [4.69, 9.17) is 0 Å². The summed E-state index contributed by atoms with van der Waals surface area (Å²) >= 11 is 0. The first-order valence-corrected chi connectivity index (χ1v) is 5.23. The zero-order chi connectivity index (χ0) is 12.2. The predicted octanol–water partition coefficient (Wildman–Crippen LogP) is 2.92. The maximum absolute atomic E-state index is 13.5. The van der Waals surface area contributed by atoms with Crippen LogP contribution in [0.15, 0.2) is 30.9 Å². The van der Waals surface area contributed by atoms with Gasteiger partial charge in [-0.05, 0) is 25.6 Å². The van der Waals surface area contributed by atoms with Gasteiger partial charge < -0.3 is 5.32 Å². The highest BCUT2D eigenvalue weighted by molar-refractivity contribution is 5.22. The monoisotopic (exact) mass is 225 g/mol. The fourth-order valence-electron chi connectivity index (χ4n) is 1.72. The van der Waals surface area contributed by atoms with E-state index in [2.05, 4.69) is 11.9 Å². The van der Waals surface area contributed by atoms with Crippen LogP contribution in [0.5, 0.6) is 0 Å². The molecule has 0 bridgehead atoms. The lowest BCUT2D eigenvalue weighted by molar-refractivity contribution is 0.389. The molecule has 0 spiro atoms. The van der Waals surface area contributed by atoms with Gasteiger partial charge in [0, 0.05) is 17.5 Å². The van der Waals surface area contributed by atoms with Gasteiger partial charge in [-0.1, -0.05) is 19.1 Å². The Bertz CT molecular complexity index is 356. The number of benzene rings is 1. The molecule has 0 saturated carbocycles. The van der Waals surface area contributed by atoms with E-state index in [0.717, 1.165) is 0 Å². The van der Waals surface area contributed by atoms with Gasteiger partial charge >= 0.3 is 0 Å². The Labute approximate surface area is 95.2 Å². The van der Waals surface area contributed by atoms with E-state index in [-0.39, 0.29) is 11.0 Å². The summed E-state index contributed by atoms with van der Waals surface area (Å²) in [6.07, 6.45) is 2.03. The molecule has 1 nitrogen and oxygen atoms in total. The third-order valence-electron chi connectivity index (χ3n) is 2.72. The molecule has 0 aliphatic rings. The van der Waals surface area contributed by atoms with Gasteiger partial charge in [-0.3, -0.25) is 0 Å². The van der Waals surface area contributed by atoms with Crippen molar-refractivity contribution >= 4 is 0 Å². The van der Waals surface area contributed by atoms with E-state index in [1.165, 1.54) is 18.2 Å². The second kappa shape index (κ2) is 5.21. The molecule has 0 heterocycles. The van der Waals surface area contributed by atoms with Crippen LogP contribution in [-0.2, 0) is 6.42 Å². The molecule has 1 unspecified atom stereocenters. The number of hydrogen-bond acceptors (Lipinski definition) is 1. The Morgan fingerprint density at radius 2 is 1.94 bits per heavy atom. The minimum atomic E-state index is -0.496. The molecule has 0 fully saturated rings. The van der Waals surface area contributed by atoms with Gasteiger partial charge in [-0.25, -0.2) is 8.78 Å². The number of hydrogen-bond donors (Lipinski definition) is 1. The smallest absolute Gasteiger partial charge is 0.129 e. The molecule has 1 N–H and O–H groups in total. The second-order valence-electron chi connectivity index (χ2n) is 4.27. The normalized spacial score (nSPS) is 14.5. The summed E-state index contributed by atoms with van der Waals surface area (Å²) in [5, 5.41) is 3.00. The van der Waals surface area contributed by atoms with Gasteiger partial charge in [0.25, 0.3) is 0 Å². The first kappa shape index (κ1) is 12.8. The summed E-state index contributed by atoms with van der Waals surface area (Å²) in [5.41, 5.74) is -0.224. The van der Waals surface area contributed by atoms with Crippen molar-refractivity contribution in [1.82, 2.24) is 5.32 Å². The molecule has 88 valence electrons. The van der Waals surface area contributed by atoms with Crippen molar-refractivity contribution in [1.29, 1.82) is 0 Å². The summed E-state index contributed by atoms with van der Waals surface area (Å²) in [6.45, 7) is 6.27. The van der Waals surface area contributed by atoms with Gasteiger partial charge in [-0.15, -0.1) is 6.58 Å². The van der Waals surface area contributed by atoms with Gasteiger partial charge in [0.15, 0.2) is 0 Å². The van der Waals surface area contributed by atoms with E-state index >= 15 is 0 Å². The molecule has 3 heteroatoms. The summed E-state index contributed by atoms with van der Waals surface area (Å²) in [4.78, 5) is 0. The molecule has 0 amide bonds. The van der Waals surface area contributed by atoms with Crippen LogP contribution < -0.4 is 5.32 Å². The molecule has 0 aromatic heterocycles. The van der Waals surface area contributed by atoms with Gasteiger partial charge in [0.2, 0.25) is 0 Å². The maximum atomic E-state index is 13.5. The fourth-order valence-corrected chi connectivity index (χ4v) is 1.72. The van der Waals surface area contributed by atoms with E-state index in [0.29, 0.717) is 13.0 Å². The highest BCUT2D eigenvalue weighted by Crippen LogP contribution is 2.26. The average Bonchev–Trinajstić information content (AvgIpc) is 2.24. The van der Waals surface area contributed by atoms with E-state index in [9.17, 15) is 8.78 Å². The van der Waals surface area contributed by atoms with Crippen LogP contribution in [0.3, 0.4) is 0 Å². The third-order valence-corrected chi connectivity index (χ3v) is 2.72. The van der Waals surface area contributed by atoms with Crippen LogP contribution in [0.4, 0.5) is 8.78 Å². The highest BCUT2D eigenvalue weighted by atomic mass is 19.1. The Morgan fingerprint density at radius 3 is 2.38 bits per heavy atom. The van der Waals surface area contributed by atoms with Crippen molar-refractivity contribution in [2.24, 2.45) is 5.41 Å². The van der Waals surface area contributed by atoms with Crippen molar-refractivity contribution < 1.29 is 8.78 Å². The first-order chi connectivity index (χ1) is 7.52. The van der Waals surface area contributed by atoms with Crippen molar-refractivity contribution in [3.05, 3.63) is 48.1 Å². The summed E-state index contributed by atoms with van der Waals surface area (Å²) in [5.74, 6) is -0.992. The molecule has 1 rings (SSSR count). The molecule has 16 heavy (non-hydrogen) atoms. The Morgan fingerprint density at radius 1 is 1.38 bits per heavy atom. The van der Waals surface area contributed by atoms with Crippen LogP contribution in [0, 0.1) is 17.0 Å². The Kier molecular flexibility index (Phi) is 4.19. The molecule has 0 aliphatic heterocycles. The SMILES string of the molecule is C=CC(C)(CNC)Cc1c(F)cccc1F. The first-order valence-electron chi connectivity index (χ1n) is 5.23. The van der Waals surface area contributed by atoms with E-state index in [1.807, 2.05) is 6.92 Å². The lowest BCUT2D eigenvalue weighted by Crippen LogP contribution is -2.30. The quantitative estimate of drug-likeness (QED) is 0.760. The van der Waals surface area contributed by atoms with Gasteiger partial charge in [-0.2, -0.15) is 0 Å². The maximum Gasteiger partial charge on any atom is 0.129 e. The Balaban J connectivity index is 2.98. The lowest BCUT2D eigenvalue weighted by Gasteiger charge is -2.25. The largest absolute Gasteiger partial charge is 0.319 e. The zero-order valence-electron chi connectivity index (χ0n) is 9.69. The van der Waals surface area contributed by atoms with Gasteiger partial charge in [0.05, 0.1) is 0 Å². The predicted molar refractivity (Wildman–Crippen MR) is 62.3 cm³/mol. The molecule has 1 atom stereocenters. The zero-order valence-corrected chi connectivity index (χ0v) is 9.69. The molecule has 0 aliphatic carbocycles. The average molecular weight is 225 g/mol. The molecule has 0 radical (unpaired) electrons. The molecular formula is C13H17F2N. The van der Waals surface area contributed by atoms with Crippen LogP contribution in [0.1, 0.15) is 12.5 Å². The van der Waals surface area contributed by atoms with Crippen LogP contribution >= 0.6 is 0 Å². The third kappa shape index (κ3) is 2.89. The van der Waals surface area contributed by atoms with Crippen molar-refractivity contribution in [3.63, 3.8) is 0 Å². The number of halogens is 2. The van der Waals surface area contributed by atoms with E-state index < -0.39 is 11.6 Å². The molecular weight excluding hydrogens is 208 g/mol. The van der Waals surface area contributed by atoms with E-state index in [1.54, 1.807) is 13.1 Å². The molecule has 0 saturated heterocycles. The topological polar surface area (TPSA) is 12.0 Å². The standard InChI is InChI=1S/C13H17F2N/c1-4-13(2,9-16-3)8-10-11(14)6-5-7-12(10)15/h4-7,16H,1,8-9H2,2-3H3. The fraction of sp³-hybridized carbons (Fsp3) is 0.385. The Hall–Kier alpha value is -1.22. The van der Waals surface area contributed by atoms with Crippen LogP contribution in [-0.4, -0.2) is 13.6 Å². The lowest BCUT2D eigenvalue weighted by atomic mass is 9.83. The summed E-state index contributed by atoms with van der Waals surface area (Å²) in [7, 11) is 1.81. The minimum absolute atomic E-state index is 0.125.